The van der Waals surface area contributed by atoms with Gasteiger partial charge >= 0.3 is 45.7 Å². The normalized spacial score (nSPS) is 10.8. The van der Waals surface area contributed by atoms with Crippen molar-refractivity contribution in [1.82, 2.24) is 8.96 Å². The van der Waals surface area contributed by atoms with E-state index in [1.54, 1.807) is 0 Å². The number of carbonyl (C=O) groups is 2. The third-order valence-corrected chi connectivity index (χ3v) is 3.71. The molecule has 0 aromatic carbocycles. The average Bonchev–Trinajstić information content (AvgIpc) is 2.93. The van der Waals surface area contributed by atoms with Crippen LogP contribution in [-0.2, 0) is 15.0 Å². The zero-order valence-corrected chi connectivity index (χ0v) is 12.4. The number of anilines is 1. The summed E-state index contributed by atoms with van der Waals surface area (Å²) in [5, 5.41) is 16.6. The van der Waals surface area contributed by atoms with Gasteiger partial charge in [0.05, 0.1) is 6.54 Å². The Balaban J connectivity index is 0.00000288. The first-order valence-electron chi connectivity index (χ1n) is 6.18. The van der Waals surface area contributed by atoms with Crippen LogP contribution in [0.2, 0.25) is 0 Å². The van der Waals surface area contributed by atoms with E-state index in [-0.39, 0.29) is 47.5 Å². The van der Waals surface area contributed by atoms with Gasteiger partial charge in [0.25, 0.3) is 0 Å². The summed E-state index contributed by atoms with van der Waals surface area (Å²) in [5.41, 5.74) is 5.12. The monoisotopic (exact) mass is 363 g/mol. The summed E-state index contributed by atoms with van der Waals surface area (Å²) in [6.07, 6.45) is 2.33. The Morgan fingerprint density at radius 3 is 2.42 bits per heavy atom. The zero-order chi connectivity index (χ0) is 17.2. The van der Waals surface area contributed by atoms with Gasteiger partial charge in [-0.15, -0.1) is 0 Å². The van der Waals surface area contributed by atoms with E-state index in [9.17, 15) is 23.1 Å². The van der Waals surface area contributed by atoms with E-state index >= 15 is 0 Å². The van der Waals surface area contributed by atoms with Crippen molar-refractivity contribution in [3.8, 4) is 11.1 Å². The third-order valence-electron chi connectivity index (χ3n) is 2.86. The quantitative estimate of drug-likeness (QED) is 0.471. The SMILES string of the molecule is NCC(=O)Nc1ccc(-c2ccn(S(N)(=O)=O)c2C(=O)O)cn1.[NaH]. The molecule has 0 aliphatic rings. The second-order valence-corrected chi connectivity index (χ2v) is 5.83. The number of nitrogens with one attached hydrogen (secondary N) is 1. The molecule has 0 aliphatic heterocycles. The molecule has 0 saturated carbocycles. The van der Waals surface area contributed by atoms with Crippen LogP contribution in [0.15, 0.2) is 30.6 Å². The summed E-state index contributed by atoms with van der Waals surface area (Å²) in [6, 6.07) is 4.21. The minimum atomic E-state index is -4.25. The molecule has 2 aromatic heterocycles. The van der Waals surface area contributed by atoms with Gasteiger partial charge in [0.1, 0.15) is 5.82 Å². The third kappa shape index (κ3) is 4.41. The van der Waals surface area contributed by atoms with Gasteiger partial charge in [-0.1, -0.05) is 0 Å². The van der Waals surface area contributed by atoms with E-state index in [2.05, 4.69) is 10.3 Å². The fraction of sp³-hybridized carbons (Fsp3) is 0.0833. The Morgan fingerprint density at radius 1 is 1.29 bits per heavy atom. The second kappa shape index (κ2) is 7.88. The summed E-state index contributed by atoms with van der Waals surface area (Å²) >= 11 is 0. The molecule has 0 bridgehead atoms. The maximum absolute atomic E-state index is 11.4. The maximum atomic E-state index is 11.4. The van der Waals surface area contributed by atoms with Gasteiger partial charge < -0.3 is 16.2 Å². The Morgan fingerprint density at radius 2 is 1.96 bits per heavy atom. The number of hydrogen-bond donors (Lipinski definition) is 4. The Bertz CT molecular complexity index is 862. The van der Waals surface area contributed by atoms with Crippen LogP contribution >= 0.6 is 0 Å². The molecule has 2 aromatic rings. The number of hydrogen-bond acceptors (Lipinski definition) is 6. The van der Waals surface area contributed by atoms with Crippen LogP contribution in [0.1, 0.15) is 10.5 Å². The molecule has 0 saturated heterocycles. The van der Waals surface area contributed by atoms with E-state index in [1.165, 1.54) is 24.4 Å². The van der Waals surface area contributed by atoms with Crippen LogP contribution in [0.5, 0.6) is 0 Å². The molecule has 0 radical (unpaired) electrons. The standard InChI is InChI=1S/C12H13N5O5S.Na.H/c13-5-10(18)16-9-2-1-7(6-15-9)8-3-4-17(23(14,21)22)11(8)12(19)20;;/h1-4,6H,5,13H2,(H,19,20)(H2,14,21,22)(H,15,16,18);;. The molecule has 0 aliphatic carbocycles. The van der Waals surface area contributed by atoms with Crippen molar-refractivity contribution < 1.29 is 23.1 Å². The molecule has 0 fully saturated rings. The van der Waals surface area contributed by atoms with Gasteiger partial charge in [-0.25, -0.2) is 18.9 Å². The molecular weight excluding hydrogens is 349 g/mol. The van der Waals surface area contributed by atoms with Crippen LogP contribution < -0.4 is 16.2 Å². The molecule has 10 nitrogen and oxygen atoms in total. The van der Waals surface area contributed by atoms with Crippen molar-refractivity contribution in [3.63, 3.8) is 0 Å². The summed E-state index contributed by atoms with van der Waals surface area (Å²) in [5.74, 6) is -1.66. The molecule has 2 rings (SSSR count). The molecule has 1 amide bonds. The van der Waals surface area contributed by atoms with Crippen molar-refractivity contribution in [2.24, 2.45) is 10.9 Å². The van der Waals surface area contributed by atoms with Crippen molar-refractivity contribution in [2.75, 3.05) is 11.9 Å². The molecule has 0 atom stereocenters. The number of nitrogens with zero attached hydrogens (tertiary/aromatic N) is 2. The predicted octanol–water partition coefficient (Wildman–Crippen LogP) is -1.45. The van der Waals surface area contributed by atoms with E-state index in [4.69, 9.17) is 10.9 Å². The van der Waals surface area contributed by atoms with Crippen LogP contribution in [0, 0.1) is 0 Å². The summed E-state index contributed by atoms with van der Waals surface area (Å²) in [7, 11) is -4.25. The van der Waals surface area contributed by atoms with E-state index in [0.717, 1.165) is 6.20 Å². The molecular formula is C12H14N5NaO5S. The molecule has 0 spiro atoms. The topological polar surface area (TPSA) is 170 Å². The van der Waals surface area contributed by atoms with Crippen LogP contribution in [0.3, 0.4) is 0 Å². The van der Waals surface area contributed by atoms with Crippen molar-refractivity contribution >= 4 is 57.5 Å². The van der Waals surface area contributed by atoms with Crippen LogP contribution in [-0.4, -0.2) is 70.5 Å². The summed E-state index contributed by atoms with van der Waals surface area (Å²) in [6.45, 7) is -0.205. The van der Waals surface area contributed by atoms with Gasteiger partial charge in [0.15, 0.2) is 5.69 Å². The summed E-state index contributed by atoms with van der Waals surface area (Å²) in [4.78, 5) is 26.4. The van der Waals surface area contributed by atoms with Gasteiger partial charge in [-0.3, -0.25) is 4.79 Å². The molecule has 2 heterocycles. The average molecular weight is 363 g/mol. The Kier molecular flexibility index (Phi) is 6.66. The van der Waals surface area contributed by atoms with Crippen LogP contribution in [0.4, 0.5) is 5.82 Å². The minimum absolute atomic E-state index is 0. The number of carboxylic acid groups (broad SMARTS) is 1. The summed E-state index contributed by atoms with van der Waals surface area (Å²) < 4.78 is 23.3. The van der Waals surface area contributed by atoms with Gasteiger partial charge in [0, 0.05) is 23.5 Å². The molecule has 0 unspecified atom stereocenters. The number of nitrogens with two attached hydrogens (primary N) is 2. The number of rotatable bonds is 5. The molecule has 124 valence electrons. The number of pyridine rings is 1. The van der Waals surface area contributed by atoms with Crippen molar-refractivity contribution in [2.45, 2.75) is 0 Å². The number of carbonyl (C=O) groups excluding carboxylic acids is 1. The second-order valence-electron chi connectivity index (χ2n) is 4.41. The van der Waals surface area contributed by atoms with Crippen molar-refractivity contribution in [1.29, 1.82) is 0 Å². The van der Waals surface area contributed by atoms with E-state index in [1.807, 2.05) is 0 Å². The van der Waals surface area contributed by atoms with E-state index < -0.39 is 27.8 Å². The first-order chi connectivity index (χ1) is 10.7. The molecule has 12 heteroatoms. The number of amides is 1. The Labute approximate surface area is 159 Å². The number of aromatic nitrogens is 2. The number of aromatic carboxylic acids is 1. The van der Waals surface area contributed by atoms with Crippen molar-refractivity contribution in [3.05, 3.63) is 36.3 Å². The fourth-order valence-corrected chi connectivity index (χ4v) is 2.55. The zero-order valence-electron chi connectivity index (χ0n) is 11.6. The Hall–Kier alpha value is -1.76. The number of carboxylic acids is 1. The van der Waals surface area contributed by atoms with Crippen LogP contribution in [0.25, 0.3) is 11.1 Å². The molecule has 24 heavy (non-hydrogen) atoms. The first-order valence-corrected chi connectivity index (χ1v) is 7.68. The van der Waals surface area contributed by atoms with Gasteiger partial charge in [0.2, 0.25) is 5.91 Å². The van der Waals surface area contributed by atoms with E-state index in [0.29, 0.717) is 9.54 Å². The van der Waals surface area contributed by atoms with Gasteiger partial charge in [-0.05, 0) is 18.2 Å². The predicted molar refractivity (Wildman–Crippen MR) is 88.0 cm³/mol. The first kappa shape index (κ1) is 20.3. The molecule has 6 N–H and O–H groups in total. The van der Waals surface area contributed by atoms with Gasteiger partial charge in [-0.2, -0.15) is 8.42 Å². The fourth-order valence-electron chi connectivity index (χ4n) is 1.89.